The molecule has 0 aromatic heterocycles. The van der Waals surface area contributed by atoms with E-state index in [-0.39, 0.29) is 116 Å². The van der Waals surface area contributed by atoms with Gasteiger partial charge in [0.1, 0.15) is 0 Å². The SMILES string of the molecule is O=[N+]([O-])O.[NH-]C1CCCCC1[NH-].[NH-]C1CCCCC1[NH-].[NH-]C1CCCCC1[NH-].[OH-].[OH-].[OH-].[Pt+4].[Pt+4].[Pt+4]. The van der Waals surface area contributed by atoms with Crippen LogP contribution in [0.5, 0.6) is 0 Å². The van der Waals surface area contributed by atoms with Gasteiger partial charge in [-0.1, -0.05) is 77.0 Å². The van der Waals surface area contributed by atoms with Crippen molar-refractivity contribution in [1.29, 1.82) is 0 Å². The first kappa shape index (κ1) is 51.5. The number of nitrogens with zero attached hydrogens (tertiary/aromatic N) is 1. The van der Waals surface area contributed by atoms with E-state index in [1.165, 1.54) is 38.5 Å². The molecule has 0 amide bonds. The Morgan fingerprint density at radius 2 is 0.588 bits per heavy atom. The molecule has 0 aromatic rings. The first-order chi connectivity index (χ1) is 13.1. The van der Waals surface area contributed by atoms with Crippen LogP contribution >= 0.6 is 0 Å². The maximum atomic E-state index is 8.36. The topological polar surface area (TPSA) is 296 Å². The van der Waals surface area contributed by atoms with Gasteiger partial charge in [-0.15, -0.1) is 10.1 Å². The molecular formula is C18H40N7O6Pt3+3. The van der Waals surface area contributed by atoms with Crippen LogP contribution in [0.15, 0.2) is 0 Å². The summed E-state index contributed by atoms with van der Waals surface area (Å²) >= 11 is 0. The van der Waals surface area contributed by atoms with Crippen molar-refractivity contribution in [3.05, 3.63) is 44.5 Å². The van der Waals surface area contributed by atoms with E-state index in [2.05, 4.69) is 0 Å². The van der Waals surface area contributed by atoms with Crippen molar-refractivity contribution in [3.63, 3.8) is 0 Å². The van der Waals surface area contributed by atoms with E-state index >= 15 is 0 Å². The minimum Gasteiger partial charge on any atom is -0.870 e. The van der Waals surface area contributed by atoms with Crippen LogP contribution in [0.1, 0.15) is 77.0 Å². The van der Waals surface area contributed by atoms with E-state index < -0.39 is 5.09 Å². The average Bonchev–Trinajstić information content (AvgIpc) is 2.63. The Bertz CT molecular complexity index is 345. The predicted octanol–water partition coefficient (Wildman–Crippen LogP) is 6.32. The van der Waals surface area contributed by atoms with Crippen LogP contribution in [-0.2, 0) is 63.2 Å². The van der Waals surface area contributed by atoms with Gasteiger partial charge >= 0.3 is 63.2 Å². The molecule has 0 radical (unpaired) electrons. The average molecular weight is 1040 g/mol. The molecule has 34 heavy (non-hydrogen) atoms. The molecule has 0 saturated heterocycles. The first-order valence-electron chi connectivity index (χ1n) is 10.2. The minimum atomic E-state index is -1.50. The van der Waals surface area contributed by atoms with E-state index in [0.717, 1.165) is 38.5 Å². The molecule has 0 heterocycles. The van der Waals surface area contributed by atoms with E-state index in [1.54, 1.807) is 0 Å². The molecule has 0 aliphatic heterocycles. The fourth-order valence-corrected chi connectivity index (χ4v) is 3.39. The van der Waals surface area contributed by atoms with Crippen LogP contribution in [-0.4, -0.2) is 63.0 Å². The molecule has 3 saturated carbocycles. The molecule has 6 unspecified atom stereocenters. The normalized spacial score (nSPS) is 28.8. The quantitative estimate of drug-likeness (QED) is 0.214. The molecule has 10 N–H and O–H groups in total. The number of nitrogens with one attached hydrogen (secondary N) is 6. The van der Waals surface area contributed by atoms with E-state index in [1.807, 2.05) is 0 Å². The van der Waals surface area contributed by atoms with Crippen molar-refractivity contribution in [2.24, 2.45) is 0 Å². The van der Waals surface area contributed by atoms with Gasteiger partial charge in [-0.3, -0.25) is 0 Å². The standard InChI is InChI=1S/3C6H12N2.HNO3.3H2O.3Pt/c3*7-5-3-1-2-4-6(5)8;2-1(3)4;;;;;;/h3*5-8H,1-4H2;(H,2,3,4);3*1H2;;;/q3*-2;;;;;3*+4/p-3. The van der Waals surface area contributed by atoms with Crippen molar-refractivity contribution in [3.8, 4) is 0 Å². The summed E-state index contributed by atoms with van der Waals surface area (Å²) in [5, 5.41) is 13.6. The van der Waals surface area contributed by atoms with Crippen molar-refractivity contribution in [1.82, 2.24) is 0 Å². The van der Waals surface area contributed by atoms with Gasteiger partial charge in [0.05, 0.1) is 0 Å². The van der Waals surface area contributed by atoms with Crippen molar-refractivity contribution >= 4 is 0 Å². The van der Waals surface area contributed by atoms with E-state index in [0.29, 0.717) is 0 Å². The van der Waals surface area contributed by atoms with Crippen molar-refractivity contribution in [2.45, 2.75) is 113 Å². The van der Waals surface area contributed by atoms with Gasteiger partial charge < -0.3 is 56.0 Å². The van der Waals surface area contributed by atoms with E-state index in [9.17, 15) is 0 Å². The summed E-state index contributed by atoms with van der Waals surface area (Å²) in [6.07, 6.45) is 12.7. The molecule has 3 aliphatic rings. The van der Waals surface area contributed by atoms with Crippen LogP contribution in [0.4, 0.5) is 0 Å². The fourth-order valence-electron chi connectivity index (χ4n) is 3.39. The Kier molecular flexibility index (Phi) is 48.4. The molecule has 13 nitrogen and oxygen atoms in total. The minimum absolute atomic E-state index is 0. The molecule has 3 fully saturated rings. The van der Waals surface area contributed by atoms with Crippen LogP contribution in [0.2, 0.25) is 0 Å². The van der Waals surface area contributed by atoms with Crippen LogP contribution in [0, 0.1) is 10.1 Å². The number of hydrogen-bond donors (Lipinski definition) is 1. The van der Waals surface area contributed by atoms with Gasteiger partial charge in [-0.05, 0) is 0 Å². The third-order valence-corrected chi connectivity index (χ3v) is 5.30. The van der Waals surface area contributed by atoms with Gasteiger partial charge in [0.15, 0.2) is 0 Å². The van der Waals surface area contributed by atoms with Gasteiger partial charge in [0.2, 0.25) is 0 Å². The zero-order chi connectivity index (χ0) is 21.5. The molecule has 0 bridgehead atoms. The summed E-state index contributed by atoms with van der Waals surface area (Å²) in [6.45, 7) is 0. The Balaban J connectivity index is -0.0000000552. The fraction of sp³-hybridized carbons (Fsp3) is 1.00. The Hall–Kier alpha value is 0.905. The van der Waals surface area contributed by atoms with Crippen LogP contribution in [0.25, 0.3) is 34.4 Å². The third kappa shape index (κ3) is 29.1. The summed E-state index contributed by atoms with van der Waals surface area (Å²) in [7, 11) is 0. The molecular weight excluding hydrogens is 995 g/mol. The van der Waals surface area contributed by atoms with Gasteiger partial charge in [0, 0.05) is 0 Å². The third-order valence-electron chi connectivity index (χ3n) is 5.30. The number of hydrogen-bond acceptors (Lipinski definition) is 5. The second-order valence-electron chi connectivity index (χ2n) is 7.73. The molecule has 6 atom stereocenters. The Labute approximate surface area is 246 Å². The molecule has 16 heteroatoms. The number of rotatable bonds is 0. The predicted molar refractivity (Wildman–Crippen MR) is 119 cm³/mol. The Morgan fingerprint density at radius 3 is 0.647 bits per heavy atom. The first-order valence-corrected chi connectivity index (χ1v) is 10.2. The largest absolute Gasteiger partial charge is 4.00 e. The smallest absolute Gasteiger partial charge is 0.870 e. The van der Waals surface area contributed by atoms with Gasteiger partial charge in [-0.2, -0.15) is 36.3 Å². The molecule has 0 aromatic carbocycles. The summed E-state index contributed by atoms with van der Waals surface area (Å²) in [4.78, 5) is 8.36. The zero-order valence-electron chi connectivity index (χ0n) is 19.0. The maximum absolute atomic E-state index is 8.36. The van der Waals surface area contributed by atoms with Crippen molar-refractivity contribution in [2.75, 3.05) is 0 Å². The summed E-state index contributed by atoms with van der Waals surface area (Å²) in [5.74, 6) is 0. The zero-order valence-corrected chi connectivity index (χ0v) is 25.8. The summed E-state index contributed by atoms with van der Waals surface area (Å²) < 4.78 is 0. The monoisotopic (exact) mass is 1040 g/mol. The van der Waals surface area contributed by atoms with Crippen LogP contribution < -0.4 is 0 Å². The second-order valence-corrected chi connectivity index (χ2v) is 7.73. The molecule has 3 rings (SSSR count). The summed E-state index contributed by atoms with van der Waals surface area (Å²) in [6, 6.07) is -0.479. The van der Waals surface area contributed by atoms with E-state index in [4.69, 9.17) is 49.7 Å². The molecule has 3 aliphatic carbocycles. The molecule has 210 valence electrons. The van der Waals surface area contributed by atoms with Crippen LogP contribution in [0.3, 0.4) is 0 Å². The van der Waals surface area contributed by atoms with Gasteiger partial charge in [-0.25, -0.2) is 0 Å². The Morgan fingerprint density at radius 1 is 0.500 bits per heavy atom. The second kappa shape index (κ2) is 31.9. The molecule has 0 spiro atoms. The summed E-state index contributed by atoms with van der Waals surface area (Å²) in [5.41, 5.74) is 43.7. The maximum Gasteiger partial charge on any atom is 4.00 e. The van der Waals surface area contributed by atoms with Gasteiger partial charge in [0.25, 0.3) is 5.09 Å². The van der Waals surface area contributed by atoms with Crippen molar-refractivity contribution < 1.29 is 89.9 Å².